The van der Waals surface area contributed by atoms with Crippen molar-refractivity contribution >= 4 is 0 Å². The second-order valence-corrected chi connectivity index (χ2v) is 3.66. The van der Waals surface area contributed by atoms with Gasteiger partial charge in [-0.25, -0.2) is 4.39 Å². The van der Waals surface area contributed by atoms with Gasteiger partial charge >= 0.3 is 0 Å². The molecule has 0 aliphatic carbocycles. The predicted molar refractivity (Wildman–Crippen MR) is 62.4 cm³/mol. The number of hydrogen-bond donors (Lipinski definition) is 2. The fraction of sp³-hybridized carbons (Fsp3) is 0.500. The lowest BCUT2D eigenvalue weighted by atomic mass is 10.1. The molecule has 0 radical (unpaired) electrons. The Morgan fingerprint density at radius 3 is 2.71 bits per heavy atom. The van der Waals surface area contributed by atoms with Crippen LogP contribution in [0.25, 0.3) is 0 Å². The smallest absolute Gasteiger partial charge is 0.131 e. The standard InChI is InChI=1S/C12H18FNO3/c1-9(14)11-3-2-10(8-12(11)13)17-7-6-16-5-4-15/h2-3,8-9,15H,4-7,14H2,1H3/t9-/m0/s1. The van der Waals surface area contributed by atoms with Crippen LogP contribution in [0.4, 0.5) is 4.39 Å². The summed E-state index contributed by atoms with van der Waals surface area (Å²) in [5, 5.41) is 8.47. The van der Waals surface area contributed by atoms with E-state index in [0.29, 0.717) is 24.5 Å². The largest absolute Gasteiger partial charge is 0.491 e. The number of hydrogen-bond acceptors (Lipinski definition) is 4. The fourth-order valence-electron chi connectivity index (χ4n) is 1.35. The lowest BCUT2D eigenvalue weighted by Crippen LogP contribution is -2.10. The number of rotatable bonds is 7. The minimum absolute atomic E-state index is 0.0162. The molecule has 1 rings (SSSR count). The van der Waals surface area contributed by atoms with Crippen molar-refractivity contribution in [2.75, 3.05) is 26.4 Å². The van der Waals surface area contributed by atoms with Crippen molar-refractivity contribution in [1.82, 2.24) is 0 Å². The van der Waals surface area contributed by atoms with E-state index in [1.165, 1.54) is 6.07 Å². The highest BCUT2D eigenvalue weighted by atomic mass is 19.1. The second kappa shape index (κ2) is 7.21. The maximum atomic E-state index is 13.5. The zero-order valence-corrected chi connectivity index (χ0v) is 9.86. The molecule has 1 aromatic rings. The second-order valence-electron chi connectivity index (χ2n) is 3.66. The van der Waals surface area contributed by atoms with Crippen molar-refractivity contribution in [2.45, 2.75) is 13.0 Å². The zero-order chi connectivity index (χ0) is 12.7. The third-order valence-corrected chi connectivity index (χ3v) is 2.19. The highest BCUT2D eigenvalue weighted by Crippen LogP contribution is 2.20. The number of nitrogens with two attached hydrogens (primary N) is 1. The van der Waals surface area contributed by atoms with Crippen molar-refractivity contribution in [2.24, 2.45) is 5.73 Å². The molecule has 0 aromatic heterocycles. The topological polar surface area (TPSA) is 64.7 Å². The molecule has 3 N–H and O–H groups in total. The third-order valence-electron chi connectivity index (χ3n) is 2.19. The summed E-state index contributed by atoms with van der Waals surface area (Å²) in [6.45, 7) is 2.66. The SMILES string of the molecule is C[C@H](N)c1ccc(OCCOCCO)cc1F. The van der Waals surface area contributed by atoms with Gasteiger partial charge in [0.2, 0.25) is 0 Å². The van der Waals surface area contributed by atoms with Crippen LogP contribution in [0.15, 0.2) is 18.2 Å². The van der Waals surface area contributed by atoms with E-state index in [-0.39, 0.29) is 25.1 Å². The van der Waals surface area contributed by atoms with E-state index >= 15 is 0 Å². The summed E-state index contributed by atoms with van der Waals surface area (Å²) in [6.07, 6.45) is 0. The van der Waals surface area contributed by atoms with Crippen LogP contribution in [-0.4, -0.2) is 31.5 Å². The molecule has 0 aliphatic heterocycles. The summed E-state index contributed by atoms with van der Waals surface area (Å²) < 4.78 is 23.8. The van der Waals surface area contributed by atoms with Crippen LogP contribution in [0.5, 0.6) is 5.75 Å². The monoisotopic (exact) mass is 243 g/mol. The van der Waals surface area contributed by atoms with Crippen LogP contribution in [0.3, 0.4) is 0 Å². The molecule has 0 aliphatic rings. The highest BCUT2D eigenvalue weighted by molar-refractivity contribution is 5.30. The molecular weight excluding hydrogens is 225 g/mol. The van der Waals surface area contributed by atoms with Gasteiger partial charge in [0.05, 0.1) is 19.8 Å². The molecule has 17 heavy (non-hydrogen) atoms. The van der Waals surface area contributed by atoms with Crippen LogP contribution >= 0.6 is 0 Å². The van der Waals surface area contributed by atoms with Crippen LogP contribution in [0, 0.1) is 5.82 Å². The maximum Gasteiger partial charge on any atom is 0.131 e. The van der Waals surface area contributed by atoms with E-state index in [4.69, 9.17) is 20.3 Å². The van der Waals surface area contributed by atoms with Gasteiger partial charge in [0.25, 0.3) is 0 Å². The molecule has 0 saturated carbocycles. The summed E-state index contributed by atoms with van der Waals surface area (Å²) in [5.41, 5.74) is 6.06. The Balaban J connectivity index is 2.42. The van der Waals surface area contributed by atoms with Crippen molar-refractivity contribution in [3.05, 3.63) is 29.6 Å². The number of halogens is 1. The number of aliphatic hydroxyl groups is 1. The Bertz CT molecular complexity index is 345. The molecule has 1 aromatic carbocycles. The third kappa shape index (κ3) is 4.68. The molecule has 0 heterocycles. The van der Waals surface area contributed by atoms with Gasteiger partial charge in [-0.15, -0.1) is 0 Å². The quantitative estimate of drug-likeness (QED) is 0.707. The summed E-state index contributed by atoms with van der Waals surface area (Å²) in [4.78, 5) is 0. The Kier molecular flexibility index (Phi) is 5.90. The number of ether oxygens (including phenoxy) is 2. The lowest BCUT2D eigenvalue weighted by molar-refractivity contribution is 0.0704. The maximum absolute atomic E-state index is 13.5. The number of benzene rings is 1. The minimum Gasteiger partial charge on any atom is -0.491 e. The van der Waals surface area contributed by atoms with Gasteiger partial charge in [-0.1, -0.05) is 6.07 Å². The van der Waals surface area contributed by atoms with E-state index in [1.807, 2.05) is 0 Å². The van der Waals surface area contributed by atoms with E-state index in [1.54, 1.807) is 19.1 Å². The molecule has 0 fully saturated rings. The van der Waals surface area contributed by atoms with Crippen LogP contribution < -0.4 is 10.5 Å². The molecule has 96 valence electrons. The van der Waals surface area contributed by atoms with Gasteiger partial charge < -0.3 is 20.3 Å². The zero-order valence-electron chi connectivity index (χ0n) is 9.86. The highest BCUT2D eigenvalue weighted by Gasteiger charge is 2.07. The molecule has 1 atom stereocenters. The summed E-state index contributed by atoms with van der Waals surface area (Å²) in [6, 6.07) is 4.26. The first-order valence-corrected chi connectivity index (χ1v) is 5.51. The van der Waals surface area contributed by atoms with E-state index < -0.39 is 0 Å². The normalized spacial score (nSPS) is 12.5. The molecule has 5 heteroatoms. The summed E-state index contributed by atoms with van der Waals surface area (Å²) in [5.74, 6) is 0.0771. The molecule has 0 amide bonds. The first-order valence-electron chi connectivity index (χ1n) is 5.51. The Morgan fingerprint density at radius 2 is 2.12 bits per heavy atom. The van der Waals surface area contributed by atoms with Gasteiger partial charge in [0.15, 0.2) is 0 Å². The van der Waals surface area contributed by atoms with Crippen LogP contribution in [0.2, 0.25) is 0 Å². The first kappa shape index (κ1) is 13.9. The molecule has 0 unspecified atom stereocenters. The van der Waals surface area contributed by atoms with Crippen molar-refractivity contribution in [3.63, 3.8) is 0 Å². The van der Waals surface area contributed by atoms with Crippen molar-refractivity contribution < 1.29 is 19.0 Å². The molecule has 4 nitrogen and oxygen atoms in total. The van der Waals surface area contributed by atoms with Gasteiger partial charge in [-0.3, -0.25) is 0 Å². The van der Waals surface area contributed by atoms with Crippen LogP contribution in [0.1, 0.15) is 18.5 Å². The first-order chi connectivity index (χ1) is 8.15. The fourth-order valence-corrected chi connectivity index (χ4v) is 1.35. The molecule has 0 spiro atoms. The summed E-state index contributed by atoms with van der Waals surface area (Å²) in [7, 11) is 0. The van der Waals surface area contributed by atoms with Gasteiger partial charge in [0.1, 0.15) is 18.2 Å². The predicted octanol–water partition coefficient (Wildman–Crippen LogP) is 1.23. The molecule has 0 saturated heterocycles. The van der Waals surface area contributed by atoms with Crippen molar-refractivity contribution in [1.29, 1.82) is 0 Å². The average Bonchev–Trinajstić information content (AvgIpc) is 2.28. The van der Waals surface area contributed by atoms with Crippen molar-refractivity contribution in [3.8, 4) is 5.75 Å². The van der Waals surface area contributed by atoms with Gasteiger partial charge in [-0.2, -0.15) is 0 Å². The number of aliphatic hydroxyl groups excluding tert-OH is 1. The van der Waals surface area contributed by atoms with E-state index in [9.17, 15) is 4.39 Å². The summed E-state index contributed by atoms with van der Waals surface area (Å²) >= 11 is 0. The molecular formula is C12H18FNO3. The Hall–Kier alpha value is -1.17. The van der Waals surface area contributed by atoms with Gasteiger partial charge in [-0.05, 0) is 13.0 Å². The van der Waals surface area contributed by atoms with Gasteiger partial charge in [0, 0.05) is 17.7 Å². The Labute approximate surface area is 100 Å². The van der Waals surface area contributed by atoms with Crippen LogP contribution in [-0.2, 0) is 4.74 Å². The Morgan fingerprint density at radius 1 is 1.35 bits per heavy atom. The molecule has 0 bridgehead atoms. The average molecular weight is 243 g/mol. The van der Waals surface area contributed by atoms with E-state index in [0.717, 1.165) is 0 Å². The lowest BCUT2D eigenvalue weighted by Gasteiger charge is -2.10. The van der Waals surface area contributed by atoms with E-state index in [2.05, 4.69) is 0 Å². The minimum atomic E-state index is -0.367.